The molecule has 152 valence electrons. The van der Waals surface area contributed by atoms with Crippen LogP contribution in [0.2, 0.25) is 0 Å². The summed E-state index contributed by atoms with van der Waals surface area (Å²) >= 11 is 0. The summed E-state index contributed by atoms with van der Waals surface area (Å²) in [4.78, 5) is -1.67. The molecule has 0 amide bonds. The molecule has 0 saturated carbocycles. The van der Waals surface area contributed by atoms with E-state index < -0.39 is 66.9 Å². The molecule has 1 atom stereocenters. The predicted octanol–water partition coefficient (Wildman–Crippen LogP) is 4.07. The Hall–Kier alpha value is -2.54. The second-order valence-corrected chi connectivity index (χ2v) is 7.44. The molecule has 0 spiro atoms. The van der Waals surface area contributed by atoms with Crippen molar-refractivity contribution in [3.63, 3.8) is 0 Å². The molecule has 0 bridgehead atoms. The lowest BCUT2D eigenvalue weighted by atomic mass is 10.1. The third kappa shape index (κ3) is 3.24. The summed E-state index contributed by atoms with van der Waals surface area (Å²) in [7, 11) is -6.14. The van der Waals surface area contributed by atoms with Gasteiger partial charge >= 0.3 is 11.6 Å². The monoisotopic (exact) mass is 432 g/mol. The summed E-state index contributed by atoms with van der Waals surface area (Å²) in [5, 5.41) is 9.62. The Labute approximate surface area is 151 Å². The van der Waals surface area contributed by atoms with Crippen molar-refractivity contribution < 1.29 is 53.7 Å². The summed E-state index contributed by atoms with van der Waals surface area (Å²) in [6.07, 6.45) is -7.55. The quantitative estimate of drug-likeness (QED) is 0.741. The SMILES string of the molecule is O=S(=O)(c1ccc(Oc2cc(F)cc(F)c2)c2c1[C@H](O)C(F)(F)O2)C(F)(F)F. The highest BCUT2D eigenvalue weighted by Gasteiger charge is 2.57. The van der Waals surface area contributed by atoms with Crippen LogP contribution in [0.4, 0.5) is 30.7 Å². The van der Waals surface area contributed by atoms with E-state index in [1.54, 1.807) is 0 Å². The van der Waals surface area contributed by atoms with E-state index in [4.69, 9.17) is 4.74 Å². The van der Waals surface area contributed by atoms with Crippen molar-refractivity contribution in [2.24, 2.45) is 0 Å². The lowest BCUT2D eigenvalue weighted by Gasteiger charge is -2.14. The minimum Gasteiger partial charge on any atom is -0.453 e. The van der Waals surface area contributed by atoms with Crippen LogP contribution in [0.15, 0.2) is 35.2 Å². The fourth-order valence-electron chi connectivity index (χ4n) is 2.44. The molecule has 2 aromatic rings. The van der Waals surface area contributed by atoms with E-state index in [0.29, 0.717) is 24.3 Å². The number of aliphatic hydroxyl groups excluding tert-OH is 1. The van der Waals surface area contributed by atoms with Crippen LogP contribution in [0.5, 0.6) is 17.2 Å². The number of aliphatic hydroxyl groups is 1. The second-order valence-electron chi connectivity index (χ2n) is 5.53. The van der Waals surface area contributed by atoms with Crippen LogP contribution in [0.3, 0.4) is 0 Å². The second kappa shape index (κ2) is 6.24. The van der Waals surface area contributed by atoms with E-state index in [1.807, 2.05) is 0 Å². The molecular formula is C15H7F7O5S. The molecule has 0 aromatic heterocycles. The standard InChI is InChI=1S/C15H7F7O5S/c16-6-3-7(17)5-8(4-6)26-9-1-2-10(28(24,25)15(20,21)22)11-12(9)27-14(18,19)13(11)23/h1-5,13,23H/t13-/m0/s1. The molecule has 0 saturated heterocycles. The predicted molar refractivity (Wildman–Crippen MR) is 76.6 cm³/mol. The van der Waals surface area contributed by atoms with Gasteiger partial charge in [0.2, 0.25) is 0 Å². The first kappa shape index (κ1) is 20.2. The Morgan fingerprint density at radius 3 is 2.18 bits per heavy atom. The summed E-state index contributed by atoms with van der Waals surface area (Å²) in [6.45, 7) is 0. The average Bonchev–Trinajstić information content (AvgIpc) is 2.76. The van der Waals surface area contributed by atoms with Gasteiger partial charge in [0.15, 0.2) is 17.6 Å². The molecule has 0 fully saturated rings. The Morgan fingerprint density at radius 1 is 1.07 bits per heavy atom. The van der Waals surface area contributed by atoms with Crippen LogP contribution in [0, 0.1) is 11.6 Å². The lowest BCUT2D eigenvalue weighted by molar-refractivity contribution is -0.224. The molecule has 1 aliphatic heterocycles. The van der Waals surface area contributed by atoms with Gasteiger partial charge in [0.25, 0.3) is 9.84 Å². The van der Waals surface area contributed by atoms with Crippen molar-refractivity contribution in [2.75, 3.05) is 0 Å². The van der Waals surface area contributed by atoms with Gasteiger partial charge in [0, 0.05) is 18.2 Å². The molecule has 5 nitrogen and oxygen atoms in total. The first-order chi connectivity index (χ1) is 12.7. The van der Waals surface area contributed by atoms with Gasteiger partial charge < -0.3 is 14.6 Å². The topological polar surface area (TPSA) is 72.8 Å². The van der Waals surface area contributed by atoms with E-state index in [0.717, 1.165) is 0 Å². The number of halogens is 7. The van der Waals surface area contributed by atoms with Gasteiger partial charge in [-0.3, -0.25) is 0 Å². The number of rotatable bonds is 3. The highest BCUT2D eigenvalue weighted by atomic mass is 32.2. The van der Waals surface area contributed by atoms with Crippen LogP contribution in [0.25, 0.3) is 0 Å². The average molecular weight is 432 g/mol. The van der Waals surface area contributed by atoms with Gasteiger partial charge in [0.05, 0.1) is 10.5 Å². The molecule has 1 aliphatic rings. The van der Waals surface area contributed by atoms with Crippen molar-refractivity contribution in [1.82, 2.24) is 0 Å². The zero-order valence-corrected chi connectivity index (χ0v) is 13.9. The summed E-state index contributed by atoms with van der Waals surface area (Å²) < 4.78 is 125. The van der Waals surface area contributed by atoms with E-state index in [2.05, 4.69) is 4.74 Å². The summed E-state index contributed by atoms with van der Waals surface area (Å²) in [6, 6.07) is 2.50. The summed E-state index contributed by atoms with van der Waals surface area (Å²) in [5.74, 6) is -4.83. The zero-order valence-electron chi connectivity index (χ0n) is 13.1. The Balaban J connectivity index is 2.19. The minimum absolute atomic E-state index is 0.265. The number of sulfone groups is 1. The van der Waals surface area contributed by atoms with E-state index in [9.17, 15) is 44.3 Å². The van der Waals surface area contributed by atoms with Crippen LogP contribution in [0.1, 0.15) is 11.7 Å². The van der Waals surface area contributed by atoms with Gasteiger partial charge in [-0.05, 0) is 12.1 Å². The van der Waals surface area contributed by atoms with E-state index in [-0.39, 0.29) is 6.07 Å². The first-order valence-electron chi connectivity index (χ1n) is 7.11. The zero-order chi connectivity index (χ0) is 21.1. The number of hydrogen-bond acceptors (Lipinski definition) is 5. The molecule has 0 aliphatic carbocycles. The number of hydrogen-bond donors (Lipinski definition) is 1. The Morgan fingerprint density at radius 2 is 1.64 bits per heavy atom. The van der Waals surface area contributed by atoms with Crippen LogP contribution >= 0.6 is 0 Å². The number of ether oxygens (including phenoxy) is 2. The maximum atomic E-state index is 13.7. The maximum absolute atomic E-state index is 13.7. The molecule has 28 heavy (non-hydrogen) atoms. The highest BCUT2D eigenvalue weighted by molar-refractivity contribution is 7.92. The molecule has 1 heterocycles. The molecule has 0 radical (unpaired) electrons. The molecular weight excluding hydrogens is 425 g/mol. The first-order valence-corrected chi connectivity index (χ1v) is 8.59. The van der Waals surface area contributed by atoms with Gasteiger partial charge in [0.1, 0.15) is 17.4 Å². The minimum atomic E-state index is -6.14. The van der Waals surface area contributed by atoms with Crippen molar-refractivity contribution in [1.29, 1.82) is 0 Å². The lowest BCUT2D eigenvalue weighted by Crippen LogP contribution is -2.28. The molecule has 0 unspecified atom stereocenters. The summed E-state index contributed by atoms with van der Waals surface area (Å²) in [5.41, 5.74) is -7.25. The smallest absolute Gasteiger partial charge is 0.453 e. The van der Waals surface area contributed by atoms with Crippen molar-refractivity contribution >= 4 is 9.84 Å². The number of benzene rings is 2. The van der Waals surface area contributed by atoms with Crippen LogP contribution in [-0.2, 0) is 9.84 Å². The normalized spacial score (nSPS) is 18.5. The fraction of sp³-hybridized carbons (Fsp3) is 0.200. The van der Waals surface area contributed by atoms with Crippen molar-refractivity contribution in [3.05, 3.63) is 47.5 Å². The molecule has 2 aromatic carbocycles. The highest BCUT2D eigenvalue weighted by Crippen LogP contribution is 2.54. The maximum Gasteiger partial charge on any atom is 0.501 e. The van der Waals surface area contributed by atoms with Crippen LogP contribution in [-0.4, -0.2) is 25.1 Å². The van der Waals surface area contributed by atoms with Crippen LogP contribution < -0.4 is 9.47 Å². The van der Waals surface area contributed by atoms with Gasteiger partial charge in [-0.2, -0.15) is 22.0 Å². The molecule has 1 N–H and O–H groups in total. The third-order valence-corrected chi connectivity index (χ3v) is 5.15. The van der Waals surface area contributed by atoms with Gasteiger partial charge in [-0.25, -0.2) is 17.2 Å². The fourth-order valence-corrected chi connectivity index (χ4v) is 3.43. The van der Waals surface area contributed by atoms with Crippen molar-refractivity contribution in [2.45, 2.75) is 22.6 Å². The Bertz CT molecular complexity index is 1030. The number of fused-ring (bicyclic) bond motifs is 1. The molecule has 13 heteroatoms. The van der Waals surface area contributed by atoms with Gasteiger partial charge in [-0.1, -0.05) is 0 Å². The van der Waals surface area contributed by atoms with Gasteiger partial charge in [-0.15, -0.1) is 0 Å². The van der Waals surface area contributed by atoms with E-state index in [1.165, 1.54) is 0 Å². The number of alkyl halides is 5. The largest absolute Gasteiger partial charge is 0.501 e. The molecule has 3 rings (SSSR count). The van der Waals surface area contributed by atoms with Crippen molar-refractivity contribution in [3.8, 4) is 17.2 Å². The third-order valence-electron chi connectivity index (χ3n) is 3.61. The Kier molecular flexibility index (Phi) is 4.50. The van der Waals surface area contributed by atoms with E-state index >= 15 is 0 Å².